The number of carbonyl (C=O) groups excluding carboxylic acids is 5. The van der Waals surface area contributed by atoms with Crippen molar-refractivity contribution in [1.82, 2.24) is 4.90 Å². The Hall–Kier alpha value is -3.36. The summed E-state index contributed by atoms with van der Waals surface area (Å²) in [5, 5.41) is 21.9. The average molecular weight is 914 g/mol. The first-order valence-electron chi connectivity index (χ1n) is 24.2. The Morgan fingerprint density at radius 2 is 1.62 bits per heavy atom. The van der Waals surface area contributed by atoms with E-state index in [1.807, 2.05) is 71.9 Å². The summed E-state index contributed by atoms with van der Waals surface area (Å²) in [4.78, 5) is 71.6. The number of fused-ring (bicyclic) bond motifs is 3. The Bertz CT molecular complexity index is 1790. The molecule has 2 unspecified atom stereocenters. The topological polar surface area (TPSA) is 166 Å². The molecule has 2 N–H and O–H groups in total. The molecule has 0 spiro atoms. The highest BCUT2D eigenvalue weighted by atomic mass is 19.2. The molecule has 366 valence electrons. The smallest absolute Gasteiger partial charge is 0.329 e. The van der Waals surface area contributed by atoms with E-state index in [4.69, 9.17) is 18.9 Å². The van der Waals surface area contributed by atoms with E-state index in [0.717, 1.165) is 10.5 Å². The number of methoxy groups -OCH3 is 2. The lowest BCUT2D eigenvalue weighted by atomic mass is 9.77. The molecule has 3 aliphatic heterocycles. The summed E-state index contributed by atoms with van der Waals surface area (Å²) in [6.45, 7) is 16.7. The molecular weight excluding hydrogens is 834 g/mol. The van der Waals surface area contributed by atoms with Gasteiger partial charge in [0.15, 0.2) is 5.78 Å². The molecule has 65 heavy (non-hydrogen) atoms. The number of ether oxygens (including phenoxy) is 4. The number of amides is 1. The number of ketones is 3. The number of alkyl halides is 1. The lowest BCUT2D eigenvalue weighted by molar-refractivity contribution is -0.231. The van der Waals surface area contributed by atoms with Crippen molar-refractivity contribution in [1.29, 1.82) is 0 Å². The van der Waals surface area contributed by atoms with E-state index in [9.17, 15) is 34.2 Å². The van der Waals surface area contributed by atoms with Crippen LogP contribution in [0.15, 0.2) is 47.6 Å². The second-order valence-corrected chi connectivity index (χ2v) is 20.6. The number of halogens is 1. The molecule has 2 saturated heterocycles. The summed E-state index contributed by atoms with van der Waals surface area (Å²) in [6.07, 6.45) is 11.6. The second-order valence-electron chi connectivity index (χ2n) is 20.6. The van der Waals surface area contributed by atoms with Gasteiger partial charge in [0.2, 0.25) is 0 Å². The highest BCUT2D eigenvalue weighted by molar-refractivity contribution is 6.39. The molecule has 1 saturated carbocycles. The number of allylic oxidation sites excluding steroid dienone is 7. The number of aliphatic hydroxyl groups excluding tert-OH is 2. The molecule has 2 bridgehead atoms. The Kier molecular flexibility index (Phi) is 20.1. The largest absolute Gasteiger partial charge is 0.460 e. The van der Waals surface area contributed by atoms with Gasteiger partial charge in [-0.3, -0.25) is 19.2 Å². The molecule has 12 nitrogen and oxygen atoms in total. The molecule has 1 aliphatic carbocycles. The number of Topliss-reactive ketones (excluding diaryl/α,β-unsaturated/α-hetero) is 3. The van der Waals surface area contributed by atoms with Gasteiger partial charge in [-0.25, -0.2) is 9.18 Å². The van der Waals surface area contributed by atoms with Crippen molar-refractivity contribution < 1.29 is 57.5 Å². The van der Waals surface area contributed by atoms with Crippen LogP contribution in [-0.2, 0) is 42.9 Å². The van der Waals surface area contributed by atoms with E-state index in [-0.39, 0.29) is 54.8 Å². The van der Waals surface area contributed by atoms with Gasteiger partial charge in [0.1, 0.15) is 30.1 Å². The first kappa shape index (κ1) is 54.2. The van der Waals surface area contributed by atoms with Crippen LogP contribution in [0, 0.1) is 40.9 Å². The van der Waals surface area contributed by atoms with Crippen molar-refractivity contribution in [3.63, 3.8) is 0 Å². The number of esters is 1. The van der Waals surface area contributed by atoms with Gasteiger partial charge in [-0.1, -0.05) is 90.5 Å². The molecule has 0 aromatic carbocycles. The Balaban J connectivity index is 1.71. The molecule has 14 atom stereocenters. The SMILES string of the molecule is CO[C@@H]1C[C@H](C[C@@H](C)[C@@H]2CC(=O)[C@H](C)/C=C(\C)[C@@H](O)[C@@H](OC)C(=O)[C@H](C)C[C@H](C)/C=C/C=C/C=C(\C)C(C)(C)C[C@@H]3CC[C@@H](C)C(F)(O3)C(=O)C(=O)N3CCCCC3C(=O)O2)CC[C@@H]1O. The Morgan fingerprint density at radius 3 is 2.29 bits per heavy atom. The summed E-state index contributed by atoms with van der Waals surface area (Å²) in [5.74, 6) is -8.96. The summed E-state index contributed by atoms with van der Waals surface area (Å²) in [6, 6.07) is -1.18. The van der Waals surface area contributed by atoms with Crippen LogP contribution in [0.5, 0.6) is 0 Å². The maximum atomic E-state index is 17.1. The van der Waals surface area contributed by atoms with E-state index >= 15 is 4.39 Å². The van der Waals surface area contributed by atoms with Crippen molar-refractivity contribution in [2.75, 3.05) is 20.8 Å². The third-order valence-electron chi connectivity index (χ3n) is 14.9. The monoisotopic (exact) mass is 914 g/mol. The minimum atomic E-state index is -2.89. The number of cyclic esters (lactones) is 1. The van der Waals surface area contributed by atoms with Crippen LogP contribution in [0.2, 0.25) is 0 Å². The van der Waals surface area contributed by atoms with Crippen LogP contribution in [0.3, 0.4) is 0 Å². The molecular formula is C52H80FNO11. The second kappa shape index (κ2) is 24.1. The van der Waals surface area contributed by atoms with Gasteiger partial charge in [0, 0.05) is 44.9 Å². The zero-order chi connectivity index (χ0) is 48.4. The quantitative estimate of drug-likeness (QED) is 0.155. The van der Waals surface area contributed by atoms with Crippen LogP contribution < -0.4 is 0 Å². The first-order valence-corrected chi connectivity index (χ1v) is 24.2. The van der Waals surface area contributed by atoms with Crippen molar-refractivity contribution in [3.8, 4) is 0 Å². The molecule has 3 fully saturated rings. The van der Waals surface area contributed by atoms with E-state index in [1.54, 1.807) is 34.0 Å². The van der Waals surface area contributed by atoms with E-state index in [1.165, 1.54) is 7.11 Å². The Labute approximate surface area is 387 Å². The van der Waals surface area contributed by atoms with E-state index in [2.05, 4.69) is 0 Å². The summed E-state index contributed by atoms with van der Waals surface area (Å²) in [5.41, 5.74) is 0.941. The highest BCUT2D eigenvalue weighted by Crippen LogP contribution is 2.43. The fourth-order valence-corrected chi connectivity index (χ4v) is 10.2. The third-order valence-corrected chi connectivity index (χ3v) is 14.9. The predicted molar refractivity (Wildman–Crippen MR) is 247 cm³/mol. The van der Waals surface area contributed by atoms with Gasteiger partial charge in [0.05, 0.1) is 18.3 Å². The number of carbonyl (C=O) groups is 5. The molecule has 0 radical (unpaired) electrons. The van der Waals surface area contributed by atoms with Crippen LogP contribution in [0.1, 0.15) is 139 Å². The number of piperidine rings is 1. The number of rotatable bonds is 5. The molecule has 3 heterocycles. The number of nitrogens with zero attached hydrogens (tertiary/aromatic N) is 1. The molecule has 4 aliphatic rings. The molecule has 4 rings (SSSR count). The minimum Gasteiger partial charge on any atom is -0.460 e. The van der Waals surface area contributed by atoms with Crippen LogP contribution in [0.25, 0.3) is 0 Å². The van der Waals surface area contributed by atoms with E-state index in [0.29, 0.717) is 69.8 Å². The minimum absolute atomic E-state index is 0.0257. The van der Waals surface area contributed by atoms with Gasteiger partial charge in [-0.2, -0.15) is 0 Å². The lowest BCUT2D eigenvalue weighted by Gasteiger charge is -2.42. The third kappa shape index (κ3) is 14.1. The van der Waals surface area contributed by atoms with E-state index < -0.39 is 83.2 Å². The predicted octanol–water partition coefficient (Wildman–Crippen LogP) is 8.17. The molecule has 0 aromatic heterocycles. The van der Waals surface area contributed by atoms with Crippen molar-refractivity contribution in [2.24, 2.45) is 40.9 Å². The highest BCUT2D eigenvalue weighted by Gasteiger charge is 2.55. The summed E-state index contributed by atoms with van der Waals surface area (Å²) in [7, 11) is 2.94. The number of hydrogen-bond donors (Lipinski definition) is 2. The Morgan fingerprint density at radius 1 is 0.908 bits per heavy atom. The van der Waals surface area contributed by atoms with Gasteiger partial charge in [-0.05, 0) is 113 Å². The molecule has 13 heteroatoms. The maximum Gasteiger partial charge on any atom is 0.329 e. The fourth-order valence-electron chi connectivity index (χ4n) is 10.2. The summed E-state index contributed by atoms with van der Waals surface area (Å²) < 4.78 is 40.5. The van der Waals surface area contributed by atoms with Gasteiger partial charge in [-0.15, -0.1) is 0 Å². The van der Waals surface area contributed by atoms with Crippen molar-refractivity contribution in [2.45, 2.75) is 188 Å². The van der Waals surface area contributed by atoms with Crippen LogP contribution >= 0.6 is 0 Å². The number of hydrogen-bond acceptors (Lipinski definition) is 11. The van der Waals surface area contributed by atoms with Gasteiger partial charge in [0.25, 0.3) is 17.5 Å². The van der Waals surface area contributed by atoms with Gasteiger partial charge >= 0.3 is 5.97 Å². The lowest BCUT2D eigenvalue weighted by Crippen LogP contribution is -2.59. The maximum absolute atomic E-state index is 17.1. The van der Waals surface area contributed by atoms with Gasteiger partial charge < -0.3 is 34.1 Å². The van der Waals surface area contributed by atoms with Crippen LogP contribution in [0.4, 0.5) is 4.39 Å². The van der Waals surface area contributed by atoms with Crippen molar-refractivity contribution >= 4 is 29.2 Å². The molecule has 1 amide bonds. The number of aliphatic hydroxyl groups is 2. The van der Waals surface area contributed by atoms with Crippen LogP contribution in [-0.4, -0.2) is 114 Å². The standard InChI is InChI=1S/C52H80FNO11/c1-31-17-13-12-14-18-36(6)51(8,9)30-39-22-20-37(7)52(53,65-39)48(59)49(60)54-24-16-15-19-40(54)50(61)64-43(33(3)27-38-21-23-41(55)44(28-38)62-10)29-42(56)32(2)26-35(5)46(58)47(63-11)45(57)34(4)25-31/h12-14,17-18,26,31-34,37-41,43-44,46-47,55,58H,15-16,19-25,27-30H2,1-11H3/b14-12+,17-13+,35-26+,36-18+/t31-,32-,33-,34-,37-,38+,39+,40?,41+,43+,44-,46-,47+,52?/m1/s1. The normalized spacial score (nSPS) is 40.1. The first-order chi connectivity index (χ1) is 30.5. The zero-order valence-corrected chi connectivity index (χ0v) is 41.1. The fraction of sp³-hybridized carbons (Fsp3) is 0.750. The summed E-state index contributed by atoms with van der Waals surface area (Å²) >= 11 is 0. The zero-order valence-electron chi connectivity index (χ0n) is 41.1. The molecule has 0 aromatic rings. The average Bonchev–Trinajstić information content (AvgIpc) is 3.26. The van der Waals surface area contributed by atoms with Crippen molar-refractivity contribution in [3.05, 3.63) is 47.6 Å².